The van der Waals surface area contributed by atoms with Gasteiger partial charge in [0.1, 0.15) is 5.15 Å². The first-order chi connectivity index (χ1) is 6.18. The van der Waals surface area contributed by atoms with Gasteiger partial charge < -0.3 is 0 Å². The number of aromatic nitrogens is 1. The highest BCUT2D eigenvalue weighted by molar-refractivity contribution is 6.29. The summed E-state index contributed by atoms with van der Waals surface area (Å²) in [5, 5.41) is 0.583. The maximum absolute atomic E-state index is 5.90. The number of pyridine rings is 1. The summed E-state index contributed by atoms with van der Waals surface area (Å²) in [6.45, 7) is 6.10. The Morgan fingerprint density at radius 2 is 2.23 bits per heavy atom. The number of aryl methyl sites for hydroxylation is 1. The highest BCUT2D eigenvalue weighted by Gasteiger charge is 2.16. The Balaban J connectivity index is 2.63. The fourth-order valence-electron chi connectivity index (χ4n) is 1.86. The molecule has 1 nitrogen and oxygen atoms in total. The monoisotopic (exact) mass is 193 g/mol. The summed E-state index contributed by atoms with van der Waals surface area (Å²) in [5.41, 5.74) is 4.75. The minimum absolute atomic E-state index is 0.583. The van der Waals surface area contributed by atoms with E-state index in [0.29, 0.717) is 5.15 Å². The molecule has 0 fully saturated rings. The third kappa shape index (κ3) is 1.49. The van der Waals surface area contributed by atoms with Gasteiger partial charge in [0.05, 0.1) is 5.69 Å². The van der Waals surface area contributed by atoms with E-state index in [2.05, 4.69) is 18.5 Å². The van der Waals surface area contributed by atoms with Gasteiger partial charge in [-0.3, -0.25) is 0 Å². The van der Waals surface area contributed by atoms with Gasteiger partial charge in [0.15, 0.2) is 0 Å². The van der Waals surface area contributed by atoms with Gasteiger partial charge in [-0.05, 0) is 49.0 Å². The van der Waals surface area contributed by atoms with Crippen LogP contribution in [0.2, 0.25) is 5.15 Å². The van der Waals surface area contributed by atoms with Crippen molar-refractivity contribution in [1.29, 1.82) is 0 Å². The van der Waals surface area contributed by atoms with Gasteiger partial charge in [-0.25, -0.2) is 4.98 Å². The van der Waals surface area contributed by atoms with Crippen LogP contribution in [-0.4, -0.2) is 4.98 Å². The second kappa shape index (κ2) is 3.15. The standard InChI is InChI=1S/C11H12ClN/c1-7-4-3-5-9-8(2)6-10(12)13-11(7)9/h6H,1,3-5H2,2H3. The molecule has 68 valence electrons. The maximum Gasteiger partial charge on any atom is 0.130 e. The first-order valence-electron chi connectivity index (χ1n) is 4.52. The van der Waals surface area contributed by atoms with Crippen molar-refractivity contribution in [3.8, 4) is 0 Å². The molecule has 0 N–H and O–H groups in total. The summed E-state index contributed by atoms with van der Waals surface area (Å²) < 4.78 is 0. The molecule has 0 amide bonds. The third-order valence-electron chi connectivity index (χ3n) is 2.56. The lowest BCUT2D eigenvalue weighted by atomic mass is 9.90. The van der Waals surface area contributed by atoms with Crippen LogP contribution in [0.25, 0.3) is 5.57 Å². The van der Waals surface area contributed by atoms with Gasteiger partial charge in [0.2, 0.25) is 0 Å². The van der Waals surface area contributed by atoms with E-state index in [0.717, 1.165) is 24.1 Å². The normalized spacial score (nSPS) is 15.7. The molecule has 1 aromatic rings. The summed E-state index contributed by atoms with van der Waals surface area (Å²) >= 11 is 5.90. The smallest absolute Gasteiger partial charge is 0.130 e. The molecule has 0 radical (unpaired) electrons. The van der Waals surface area contributed by atoms with Crippen LogP contribution in [0, 0.1) is 6.92 Å². The van der Waals surface area contributed by atoms with E-state index in [4.69, 9.17) is 11.6 Å². The first kappa shape index (κ1) is 8.76. The van der Waals surface area contributed by atoms with Gasteiger partial charge in [0, 0.05) is 0 Å². The molecule has 0 saturated heterocycles. The minimum atomic E-state index is 0.583. The molecule has 0 aromatic carbocycles. The molecule has 0 bridgehead atoms. The fraction of sp³-hybridized carbons (Fsp3) is 0.364. The number of hydrogen-bond acceptors (Lipinski definition) is 1. The lowest BCUT2D eigenvalue weighted by molar-refractivity contribution is 0.803. The minimum Gasteiger partial charge on any atom is -0.236 e. The topological polar surface area (TPSA) is 12.9 Å². The zero-order chi connectivity index (χ0) is 9.42. The van der Waals surface area contributed by atoms with Crippen LogP contribution in [0.15, 0.2) is 12.6 Å². The van der Waals surface area contributed by atoms with Crippen molar-refractivity contribution in [3.63, 3.8) is 0 Å². The van der Waals surface area contributed by atoms with Crippen molar-refractivity contribution in [3.05, 3.63) is 34.6 Å². The maximum atomic E-state index is 5.90. The van der Waals surface area contributed by atoms with Crippen molar-refractivity contribution in [1.82, 2.24) is 4.98 Å². The first-order valence-corrected chi connectivity index (χ1v) is 4.90. The molecule has 0 unspecified atom stereocenters. The molecule has 0 spiro atoms. The van der Waals surface area contributed by atoms with Gasteiger partial charge >= 0.3 is 0 Å². The number of hydrogen-bond donors (Lipinski definition) is 0. The highest BCUT2D eigenvalue weighted by Crippen LogP contribution is 2.31. The number of fused-ring (bicyclic) bond motifs is 1. The predicted octanol–water partition coefficient (Wildman–Crippen LogP) is 3.39. The van der Waals surface area contributed by atoms with Crippen molar-refractivity contribution in [2.24, 2.45) is 0 Å². The molecule has 2 heteroatoms. The Bertz CT molecular complexity index is 369. The molecule has 1 aliphatic carbocycles. The van der Waals surface area contributed by atoms with Gasteiger partial charge in [0.25, 0.3) is 0 Å². The zero-order valence-corrected chi connectivity index (χ0v) is 8.49. The molecule has 0 saturated carbocycles. The molecule has 13 heavy (non-hydrogen) atoms. The SMILES string of the molecule is C=C1CCCc2c(C)cc(Cl)nc21. The van der Waals surface area contributed by atoms with Crippen molar-refractivity contribution >= 4 is 17.2 Å². The summed E-state index contributed by atoms with van der Waals surface area (Å²) in [6.07, 6.45) is 3.36. The van der Waals surface area contributed by atoms with Crippen LogP contribution in [0.3, 0.4) is 0 Å². The number of nitrogens with zero attached hydrogens (tertiary/aromatic N) is 1. The Hall–Kier alpha value is -0.820. The average Bonchev–Trinajstić information content (AvgIpc) is 2.07. The average molecular weight is 194 g/mol. The van der Waals surface area contributed by atoms with E-state index in [1.807, 2.05) is 6.07 Å². The lowest BCUT2D eigenvalue weighted by Crippen LogP contribution is -2.06. The Morgan fingerprint density at radius 1 is 1.46 bits per heavy atom. The van der Waals surface area contributed by atoms with Crippen LogP contribution in [0.4, 0.5) is 0 Å². The van der Waals surface area contributed by atoms with Gasteiger partial charge in [-0.1, -0.05) is 18.2 Å². The molecule has 1 heterocycles. The quantitative estimate of drug-likeness (QED) is 0.576. The van der Waals surface area contributed by atoms with Crippen LogP contribution in [0.5, 0.6) is 0 Å². The predicted molar refractivity (Wildman–Crippen MR) is 56.0 cm³/mol. The van der Waals surface area contributed by atoms with E-state index in [-0.39, 0.29) is 0 Å². The number of allylic oxidation sites excluding steroid dienone is 1. The van der Waals surface area contributed by atoms with Crippen LogP contribution in [-0.2, 0) is 6.42 Å². The molecule has 0 atom stereocenters. The van der Waals surface area contributed by atoms with Crippen LogP contribution >= 0.6 is 11.6 Å². The van der Waals surface area contributed by atoms with Crippen molar-refractivity contribution in [2.45, 2.75) is 26.2 Å². The van der Waals surface area contributed by atoms with E-state index < -0.39 is 0 Å². The Labute approximate surface area is 83.4 Å². The molecule has 0 aliphatic heterocycles. The van der Waals surface area contributed by atoms with Gasteiger partial charge in [-0.2, -0.15) is 0 Å². The second-order valence-electron chi connectivity index (χ2n) is 3.55. The molecule has 1 aliphatic rings. The number of halogens is 1. The Kier molecular flexibility index (Phi) is 2.12. The zero-order valence-electron chi connectivity index (χ0n) is 7.73. The van der Waals surface area contributed by atoms with Crippen molar-refractivity contribution in [2.75, 3.05) is 0 Å². The van der Waals surface area contributed by atoms with Crippen LogP contribution in [0.1, 0.15) is 29.7 Å². The summed E-state index contributed by atoms with van der Waals surface area (Å²) in [5.74, 6) is 0. The summed E-state index contributed by atoms with van der Waals surface area (Å²) in [6, 6.07) is 1.93. The van der Waals surface area contributed by atoms with Crippen LogP contribution < -0.4 is 0 Å². The molecule has 2 rings (SSSR count). The molecular formula is C11H12ClN. The molecule has 1 aromatic heterocycles. The third-order valence-corrected chi connectivity index (χ3v) is 2.75. The lowest BCUT2D eigenvalue weighted by Gasteiger charge is -2.19. The Morgan fingerprint density at radius 3 is 3.00 bits per heavy atom. The van der Waals surface area contributed by atoms with E-state index >= 15 is 0 Å². The highest BCUT2D eigenvalue weighted by atomic mass is 35.5. The summed E-state index contributed by atoms with van der Waals surface area (Å²) in [4.78, 5) is 4.32. The second-order valence-corrected chi connectivity index (χ2v) is 3.93. The largest absolute Gasteiger partial charge is 0.236 e. The van der Waals surface area contributed by atoms with Crippen molar-refractivity contribution < 1.29 is 0 Å². The van der Waals surface area contributed by atoms with E-state index in [1.54, 1.807) is 0 Å². The van der Waals surface area contributed by atoms with Gasteiger partial charge in [-0.15, -0.1) is 0 Å². The van der Waals surface area contributed by atoms with E-state index in [1.165, 1.54) is 17.5 Å². The van der Waals surface area contributed by atoms with E-state index in [9.17, 15) is 0 Å². The molecular weight excluding hydrogens is 182 g/mol. The number of rotatable bonds is 0. The fourth-order valence-corrected chi connectivity index (χ4v) is 2.11. The summed E-state index contributed by atoms with van der Waals surface area (Å²) in [7, 11) is 0.